The molecule has 0 spiro atoms. The number of hydrogen-bond donors (Lipinski definition) is 1. The van der Waals surface area contributed by atoms with Crippen LogP contribution in [-0.4, -0.2) is 15.2 Å². The lowest BCUT2D eigenvalue weighted by Gasteiger charge is -2.05. The Hall–Kier alpha value is -2.63. The Morgan fingerprint density at radius 2 is 1.65 bits per heavy atom. The smallest absolute Gasteiger partial charge is 0.273 e. The molecule has 0 amide bonds. The summed E-state index contributed by atoms with van der Waals surface area (Å²) in [6, 6.07) is 12.8. The van der Waals surface area contributed by atoms with Crippen LogP contribution < -0.4 is 0 Å². The average Bonchev–Trinajstić information content (AvgIpc) is 3.13. The highest BCUT2D eigenvalue weighted by atomic mass is 19.4. The van der Waals surface area contributed by atoms with Gasteiger partial charge in [-0.15, -0.1) is 0 Å². The Balaban J connectivity index is 1.72. The number of H-pyrrole nitrogens is 1. The monoisotopic (exact) mass is 359 g/mol. The fourth-order valence-corrected chi connectivity index (χ4v) is 2.76. The van der Waals surface area contributed by atoms with Crippen molar-refractivity contribution in [2.24, 2.45) is 0 Å². The molecule has 26 heavy (non-hydrogen) atoms. The second kappa shape index (κ2) is 7.72. The molecule has 3 aromatic rings. The number of pyridine rings is 1. The van der Waals surface area contributed by atoms with Gasteiger partial charge < -0.3 is 0 Å². The normalized spacial score (nSPS) is 11.7. The Labute approximate surface area is 150 Å². The van der Waals surface area contributed by atoms with Crippen molar-refractivity contribution in [2.75, 3.05) is 0 Å². The molecule has 0 radical (unpaired) electrons. The minimum absolute atomic E-state index is 0.176. The first-order valence-electron chi connectivity index (χ1n) is 8.65. The first kappa shape index (κ1) is 18.2. The van der Waals surface area contributed by atoms with Crippen molar-refractivity contribution < 1.29 is 13.2 Å². The number of nitrogens with zero attached hydrogens (tertiary/aromatic N) is 2. The maximum atomic E-state index is 12.6. The zero-order valence-electron chi connectivity index (χ0n) is 14.5. The van der Waals surface area contributed by atoms with Crippen molar-refractivity contribution >= 4 is 0 Å². The van der Waals surface area contributed by atoms with Gasteiger partial charge in [-0.2, -0.15) is 18.3 Å². The van der Waals surface area contributed by atoms with Gasteiger partial charge in [-0.25, -0.2) is 0 Å². The number of aromatic nitrogens is 3. The fraction of sp³-hybridized carbons (Fsp3) is 0.300. The van der Waals surface area contributed by atoms with Crippen molar-refractivity contribution in [3.8, 4) is 22.5 Å². The lowest BCUT2D eigenvalue weighted by molar-refractivity contribution is -0.141. The van der Waals surface area contributed by atoms with Crippen LogP contribution in [0.15, 0.2) is 48.7 Å². The van der Waals surface area contributed by atoms with Crippen molar-refractivity contribution in [2.45, 2.75) is 38.8 Å². The highest BCUT2D eigenvalue weighted by Gasteiger charge is 2.33. The van der Waals surface area contributed by atoms with E-state index in [0.29, 0.717) is 5.69 Å². The van der Waals surface area contributed by atoms with Crippen LogP contribution in [0.3, 0.4) is 0 Å². The molecular formula is C20H20F3N3. The topological polar surface area (TPSA) is 41.6 Å². The molecule has 0 bridgehead atoms. The van der Waals surface area contributed by atoms with E-state index in [9.17, 15) is 13.2 Å². The predicted octanol–water partition coefficient (Wildman–Crippen LogP) is 5.89. The van der Waals surface area contributed by atoms with Gasteiger partial charge in [-0.1, -0.05) is 50.1 Å². The second-order valence-corrected chi connectivity index (χ2v) is 6.25. The van der Waals surface area contributed by atoms with E-state index >= 15 is 0 Å². The van der Waals surface area contributed by atoms with Crippen LogP contribution in [0.1, 0.15) is 37.4 Å². The molecule has 0 unspecified atom stereocenters. The summed E-state index contributed by atoms with van der Waals surface area (Å²) in [5.41, 5.74) is 2.95. The van der Waals surface area contributed by atoms with E-state index in [2.05, 4.69) is 29.1 Å². The van der Waals surface area contributed by atoms with Gasteiger partial charge in [0.15, 0.2) is 0 Å². The minimum Gasteiger partial charge on any atom is -0.273 e. The molecule has 136 valence electrons. The lowest BCUT2D eigenvalue weighted by Crippen LogP contribution is -2.04. The van der Waals surface area contributed by atoms with Gasteiger partial charge in [0, 0.05) is 11.8 Å². The van der Waals surface area contributed by atoms with E-state index in [4.69, 9.17) is 0 Å². The SMILES string of the molecule is CCCCCc1ccc(-c2ccc(-c3cc(C(F)(F)F)[nH]n3)nc2)cc1. The van der Waals surface area contributed by atoms with Gasteiger partial charge in [0.05, 0.1) is 5.69 Å². The number of aromatic amines is 1. The van der Waals surface area contributed by atoms with Crippen LogP contribution in [0, 0.1) is 0 Å². The van der Waals surface area contributed by atoms with Crippen LogP contribution in [0.2, 0.25) is 0 Å². The Kier molecular flexibility index (Phi) is 5.40. The van der Waals surface area contributed by atoms with Crippen molar-refractivity contribution in [3.05, 3.63) is 59.9 Å². The fourth-order valence-electron chi connectivity index (χ4n) is 2.76. The summed E-state index contributed by atoms with van der Waals surface area (Å²) in [6.07, 6.45) is 1.92. The standard InChI is InChI=1S/C20H20F3N3/c1-2-3-4-5-14-6-8-15(9-7-14)16-10-11-17(24-13-16)18-12-19(26-25-18)20(21,22)23/h6-13H,2-5H2,1H3,(H,25,26). The third kappa shape index (κ3) is 4.31. The number of alkyl halides is 3. The number of aryl methyl sites for hydroxylation is 1. The molecule has 1 aromatic carbocycles. The van der Waals surface area contributed by atoms with E-state index in [0.717, 1.165) is 23.6 Å². The van der Waals surface area contributed by atoms with Crippen molar-refractivity contribution in [1.29, 1.82) is 0 Å². The van der Waals surface area contributed by atoms with Crippen LogP contribution in [-0.2, 0) is 12.6 Å². The molecule has 0 aliphatic carbocycles. The summed E-state index contributed by atoms with van der Waals surface area (Å²) in [6.45, 7) is 2.19. The molecule has 2 heterocycles. The quantitative estimate of drug-likeness (QED) is 0.558. The molecule has 2 aromatic heterocycles. The molecule has 1 N–H and O–H groups in total. The third-order valence-electron chi connectivity index (χ3n) is 4.27. The second-order valence-electron chi connectivity index (χ2n) is 6.25. The molecule has 3 nitrogen and oxygen atoms in total. The molecule has 0 atom stereocenters. The van der Waals surface area contributed by atoms with E-state index in [1.165, 1.54) is 24.8 Å². The van der Waals surface area contributed by atoms with Crippen LogP contribution in [0.25, 0.3) is 22.5 Å². The molecule has 0 aliphatic heterocycles. The molecule has 6 heteroatoms. The molecular weight excluding hydrogens is 339 g/mol. The first-order chi connectivity index (χ1) is 12.5. The summed E-state index contributed by atoms with van der Waals surface area (Å²) in [5.74, 6) is 0. The maximum absolute atomic E-state index is 12.6. The van der Waals surface area contributed by atoms with Gasteiger partial charge in [-0.05, 0) is 36.1 Å². The highest BCUT2D eigenvalue weighted by molar-refractivity contribution is 5.65. The molecule has 0 aliphatic rings. The number of nitrogens with one attached hydrogen (secondary N) is 1. The van der Waals surface area contributed by atoms with E-state index < -0.39 is 11.9 Å². The number of rotatable bonds is 6. The van der Waals surface area contributed by atoms with Gasteiger partial charge >= 0.3 is 6.18 Å². The van der Waals surface area contributed by atoms with Gasteiger partial charge in [0.25, 0.3) is 0 Å². The molecule has 0 saturated carbocycles. The van der Waals surface area contributed by atoms with Crippen LogP contribution in [0.5, 0.6) is 0 Å². The molecule has 0 saturated heterocycles. The predicted molar refractivity (Wildman–Crippen MR) is 95.5 cm³/mol. The van der Waals surface area contributed by atoms with Crippen molar-refractivity contribution in [1.82, 2.24) is 15.2 Å². The average molecular weight is 359 g/mol. The number of benzene rings is 1. The highest BCUT2D eigenvalue weighted by Crippen LogP contribution is 2.30. The third-order valence-corrected chi connectivity index (χ3v) is 4.27. The Morgan fingerprint density at radius 1 is 0.923 bits per heavy atom. The largest absolute Gasteiger partial charge is 0.432 e. The van der Waals surface area contributed by atoms with Crippen molar-refractivity contribution in [3.63, 3.8) is 0 Å². The molecule has 0 fully saturated rings. The molecule has 3 rings (SSSR count). The summed E-state index contributed by atoms with van der Waals surface area (Å²) < 4.78 is 37.9. The summed E-state index contributed by atoms with van der Waals surface area (Å²) in [4.78, 5) is 4.25. The van der Waals surface area contributed by atoms with Crippen LogP contribution in [0.4, 0.5) is 13.2 Å². The van der Waals surface area contributed by atoms with Gasteiger partial charge in [-0.3, -0.25) is 10.1 Å². The first-order valence-corrected chi connectivity index (χ1v) is 8.65. The van der Waals surface area contributed by atoms with Gasteiger partial charge in [0.1, 0.15) is 11.4 Å². The minimum atomic E-state index is -4.44. The maximum Gasteiger partial charge on any atom is 0.432 e. The van der Waals surface area contributed by atoms with Crippen LogP contribution >= 0.6 is 0 Å². The Bertz CT molecular complexity index is 834. The number of hydrogen-bond acceptors (Lipinski definition) is 2. The number of halogens is 3. The summed E-state index contributed by atoms with van der Waals surface area (Å²) in [5, 5.41) is 5.70. The summed E-state index contributed by atoms with van der Waals surface area (Å²) >= 11 is 0. The zero-order valence-corrected chi connectivity index (χ0v) is 14.5. The zero-order chi connectivity index (χ0) is 18.6. The van der Waals surface area contributed by atoms with Gasteiger partial charge in [0.2, 0.25) is 0 Å². The van der Waals surface area contributed by atoms with E-state index in [-0.39, 0.29) is 5.69 Å². The summed E-state index contributed by atoms with van der Waals surface area (Å²) in [7, 11) is 0. The van der Waals surface area contributed by atoms with E-state index in [1.807, 2.05) is 23.3 Å². The lowest BCUT2D eigenvalue weighted by atomic mass is 10.0. The Morgan fingerprint density at radius 3 is 2.23 bits per heavy atom. The number of unbranched alkanes of at least 4 members (excludes halogenated alkanes) is 2. The van der Waals surface area contributed by atoms with E-state index in [1.54, 1.807) is 12.3 Å².